The molecule has 0 unspecified atom stereocenters. The van der Waals surface area contributed by atoms with Gasteiger partial charge in [-0.25, -0.2) is 4.79 Å². The van der Waals surface area contributed by atoms with Crippen molar-refractivity contribution in [1.82, 2.24) is 10.3 Å². The highest BCUT2D eigenvalue weighted by Gasteiger charge is 2.00. The Kier molecular flexibility index (Phi) is 5.54. The van der Waals surface area contributed by atoms with Gasteiger partial charge >= 0.3 is 6.09 Å². The lowest BCUT2D eigenvalue weighted by atomic mass is 10.1. The highest BCUT2D eigenvalue weighted by Crippen LogP contribution is 2.04. The van der Waals surface area contributed by atoms with E-state index in [0.29, 0.717) is 6.54 Å². The van der Waals surface area contributed by atoms with E-state index >= 15 is 0 Å². The highest BCUT2D eigenvalue weighted by molar-refractivity contribution is 5.67. The van der Waals surface area contributed by atoms with Crippen molar-refractivity contribution in [3.63, 3.8) is 0 Å². The minimum Gasteiger partial charge on any atom is -0.445 e. The van der Waals surface area contributed by atoms with E-state index in [1.165, 1.54) is 6.07 Å². The van der Waals surface area contributed by atoms with E-state index in [4.69, 9.17) is 4.74 Å². The zero-order valence-corrected chi connectivity index (χ0v) is 12.3. The molecule has 2 N–H and O–H groups in total. The minimum atomic E-state index is -0.466. The molecular weight excluding hydrogens is 280 g/mol. The maximum absolute atomic E-state index is 11.5. The number of aromatic amines is 1. The predicted molar refractivity (Wildman–Crippen MR) is 85.5 cm³/mol. The largest absolute Gasteiger partial charge is 0.445 e. The van der Waals surface area contributed by atoms with Crippen molar-refractivity contribution in [2.24, 2.45) is 0 Å². The van der Waals surface area contributed by atoms with Crippen LogP contribution in [0.2, 0.25) is 0 Å². The number of benzene rings is 1. The molecule has 114 valence electrons. The summed E-state index contributed by atoms with van der Waals surface area (Å²) in [5.74, 6) is 0. The third kappa shape index (κ3) is 4.94. The molecule has 0 bridgehead atoms. The molecule has 0 aliphatic heterocycles. The lowest BCUT2D eigenvalue weighted by molar-refractivity contribution is 0.141. The Labute approximate surface area is 128 Å². The summed E-state index contributed by atoms with van der Waals surface area (Å²) in [6, 6.07) is 11.0. The van der Waals surface area contributed by atoms with Gasteiger partial charge in [0.1, 0.15) is 6.61 Å². The van der Waals surface area contributed by atoms with Crippen molar-refractivity contribution < 1.29 is 9.53 Å². The number of nitrogens with one attached hydrogen (secondary N) is 2. The molecular formula is C17H18N2O3. The van der Waals surface area contributed by atoms with E-state index in [2.05, 4.69) is 10.3 Å². The summed E-state index contributed by atoms with van der Waals surface area (Å²) in [4.78, 5) is 25.2. The quantitative estimate of drug-likeness (QED) is 0.891. The van der Waals surface area contributed by atoms with Gasteiger partial charge in [0.25, 0.3) is 0 Å². The number of hydrogen-bond donors (Lipinski definition) is 2. The Morgan fingerprint density at radius 1 is 1.32 bits per heavy atom. The van der Waals surface area contributed by atoms with Gasteiger partial charge in [-0.1, -0.05) is 42.5 Å². The molecule has 5 nitrogen and oxygen atoms in total. The topological polar surface area (TPSA) is 71.2 Å². The fourth-order valence-corrected chi connectivity index (χ4v) is 1.87. The first kappa shape index (κ1) is 15.6. The first-order valence-electron chi connectivity index (χ1n) is 6.95. The van der Waals surface area contributed by atoms with Gasteiger partial charge in [0.05, 0.1) is 0 Å². The zero-order chi connectivity index (χ0) is 15.8. The molecule has 1 heterocycles. The van der Waals surface area contributed by atoms with Gasteiger partial charge in [-0.05, 0) is 23.6 Å². The van der Waals surface area contributed by atoms with Crippen LogP contribution in [0.25, 0.3) is 6.08 Å². The third-order valence-corrected chi connectivity index (χ3v) is 3.05. The van der Waals surface area contributed by atoms with Crippen LogP contribution in [0.1, 0.15) is 16.7 Å². The van der Waals surface area contributed by atoms with Gasteiger partial charge in [0.2, 0.25) is 5.56 Å². The number of aryl methyl sites for hydroxylation is 1. The molecule has 0 atom stereocenters. The molecule has 1 aromatic carbocycles. The molecule has 0 fully saturated rings. The van der Waals surface area contributed by atoms with Gasteiger partial charge in [-0.3, -0.25) is 4.79 Å². The molecule has 2 rings (SSSR count). The maximum atomic E-state index is 11.5. The first-order valence-corrected chi connectivity index (χ1v) is 6.95. The van der Waals surface area contributed by atoms with Crippen molar-refractivity contribution in [2.45, 2.75) is 13.5 Å². The lowest BCUT2D eigenvalue weighted by Crippen LogP contribution is -2.24. The Morgan fingerprint density at radius 2 is 2.09 bits per heavy atom. The number of rotatable bonds is 5. The number of alkyl carbamates (subject to hydrolysis) is 1. The zero-order valence-electron chi connectivity index (χ0n) is 12.3. The monoisotopic (exact) mass is 298 g/mol. The van der Waals surface area contributed by atoms with Gasteiger partial charge in [0.15, 0.2) is 0 Å². The Morgan fingerprint density at radius 3 is 2.82 bits per heavy atom. The fourth-order valence-electron chi connectivity index (χ4n) is 1.87. The summed E-state index contributed by atoms with van der Waals surface area (Å²) in [5, 5.41) is 2.63. The van der Waals surface area contributed by atoms with Crippen molar-refractivity contribution in [2.75, 3.05) is 6.54 Å². The van der Waals surface area contributed by atoms with Crippen LogP contribution in [0.4, 0.5) is 4.79 Å². The second-order valence-corrected chi connectivity index (χ2v) is 4.78. The second-order valence-electron chi connectivity index (χ2n) is 4.78. The molecule has 0 aliphatic carbocycles. The van der Waals surface area contributed by atoms with Crippen LogP contribution in [0.3, 0.4) is 0 Å². The van der Waals surface area contributed by atoms with E-state index in [0.717, 1.165) is 16.7 Å². The first-order chi connectivity index (χ1) is 10.6. The number of amides is 1. The average molecular weight is 298 g/mol. The van der Waals surface area contributed by atoms with Crippen LogP contribution < -0.4 is 10.9 Å². The van der Waals surface area contributed by atoms with Gasteiger partial charge in [0, 0.05) is 18.8 Å². The number of aromatic nitrogens is 1. The summed E-state index contributed by atoms with van der Waals surface area (Å²) in [6.45, 7) is 2.46. The molecule has 0 saturated carbocycles. The molecule has 5 heteroatoms. The minimum absolute atomic E-state index is 0.128. The van der Waals surface area contributed by atoms with Crippen LogP contribution in [0, 0.1) is 6.92 Å². The molecule has 2 aromatic rings. The third-order valence-electron chi connectivity index (χ3n) is 3.05. The summed E-state index contributed by atoms with van der Waals surface area (Å²) in [7, 11) is 0. The van der Waals surface area contributed by atoms with E-state index in [1.807, 2.05) is 43.3 Å². The van der Waals surface area contributed by atoms with Gasteiger partial charge in [-0.15, -0.1) is 0 Å². The highest BCUT2D eigenvalue weighted by atomic mass is 16.5. The van der Waals surface area contributed by atoms with Crippen molar-refractivity contribution in [3.8, 4) is 0 Å². The molecule has 0 aliphatic rings. The predicted octanol–water partition coefficient (Wildman–Crippen LogP) is 2.62. The van der Waals surface area contributed by atoms with Crippen LogP contribution in [-0.4, -0.2) is 17.6 Å². The smallest absolute Gasteiger partial charge is 0.407 e. The number of H-pyrrole nitrogens is 1. The van der Waals surface area contributed by atoms with Crippen molar-refractivity contribution in [3.05, 3.63) is 75.7 Å². The molecule has 1 amide bonds. The standard InChI is InChI=1S/C17H18N2O3/c1-13-10-16(20)19-11-15(13)8-5-9-18-17(21)22-12-14-6-3-2-4-7-14/h2-8,10-11H,9,12H2,1H3,(H,18,21)(H,19,20). The Balaban J connectivity index is 1.74. The van der Waals surface area contributed by atoms with Crippen LogP contribution in [-0.2, 0) is 11.3 Å². The number of carbonyl (C=O) groups excluding carboxylic acids is 1. The van der Waals surface area contributed by atoms with Gasteiger partial charge in [-0.2, -0.15) is 0 Å². The van der Waals surface area contributed by atoms with Gasteiger partial charge < -0.3 is 15.0 Å². The van der Waals surface area contributed by atoms with E-state index in [9.17, 15) is 9.59 Å². The van der Waals surface area contributed by atoms with E-state index in [-0.39, 0.29) is 12.2 Å². The second kappa shape index (κ2) is 7.83. The average Bonchev–Trinajstić information content (AvgIpc) is 2.52. The van der Waals surface area contributed by atoms with Crippen LogP contribution >= 0.6 is 0 Å². The summed E-state index contributed by atoms with van der Waals surface area (Å²) in [6.07, 6.45) is 4.81. The Hall–Kier alpha value is -2.82. The molecule has 0 radical (unpaired) electrons. The molecule has 0 saturated heterocycles. The summed E-state index contributed by atoms with van der Waals surface area (Å²) >= 11 is 0. The van der Waals surface area contributed by atoms with Crippen molar-refractivity contribution in [1.29, 1.82) is 0 Å². The number of carbonyl (C=O) groups is 1. The van der Waals surface area contributed by atoms with E-state index in [1.54, 1.807) is 12.3 Å². The fraction of sp³-hybridized carbons (Fsp3) is 0.176. The maximum Gasteiger partial charge on any atom is 0.407 e. The normalized spacial score (nSPS) is 10.6. The summed E-state index contributed by atoms with van der Waals surface area (Å²) in [5.41, 5.74) is 2.60. The van der Waals surface area contributed by atoms with E-state index < -0.39 is 6.09 Å². The number of ether oxygens (including phenoxy) is 1. The SMILES string of the molecule is Cc1cc(=O)[nH]cc1C=CCNC(=O)OCc1ccccc1. The van der Waals surface area contributed by atoms with Crippen LogP contribution in [0.5, 0.6) is 0 Å². The molecule has 0 spiro atoms. The Bertz CT molecular complexity index is 705. The lowest BCUT2D eigenvalue weighted by Gasteiger charge is -2.05. The van der Waals surface area contributed by atoms with Crippen molar-refractivity contribution >= 4 is 12.2 Å². The summed E-state index contributed by atoms with van der Waals surface area (Å²) < 4.78 is 5.09. The van der Waals surface area contributed by atoms with Crippen LogP contribution in [0.15, 0.2) is 53.5 Å². The number of hydrogen-bond acceptors (Lipinski definition) is 3. The number of pyridine rings is 1. The molecule has 1 aromatic heterocycles. The molecule has 22 heavy (non-hydrogen) atoms.